The summed E-state index contributed by atoms with van der Waals surface area (Å²) < 4.78 is 0. The number of amides is 1. The zero-order valence-corrected chi connectivity index (χ0v) is 13.1. The molecule has 0 aromatic heterocycles. The summed E-state index contributed by atoms with van der Waals surface area (Å²) in [5, 5.41) is 1.00. The number of nitrogens with zero attached hydrogens (tertiary/aromatic N) is 1. The van der Waals surface area contributed by atoms with E-state index in [4.69, 9.17) is 28.9 Å². The third-order valence-corrected chi connectivity index (χ3v) is 4.63. The van der Waals surface area contributed by atoms with Gasteiger partial charge in [-0.3, -0.25) is 4.79 Å². The van der Waals surface area contributed by atoms with Crippen molar-refractivity contribution in [2.75, 3.05) is 13.1 Å². The first-order valence-electron chi connectivity index (χ1n) is 6.94. The number of benzene rings is 1. The molecule has 2 N–H and O–H groups in total. The van der Waals surface area contributed by atoms with E-state index >= 15 is 0 Å². The number of piperidine rings is 1. The number of hydrogen-bond donors (Lipinski definition) is 1. The minimum atomic E-state index is 0.133. The van der Waals surface area contributed by atoms with Crippen LogP contribution in [0.2, 0.25) is 10.0 Å². The highest BCUT2D eigenvalue weighted by atomic mass is 35.5. The lowest BCUT2D eigenvalue weighted by Crippen LogP contribution is -2.45. The Kier molecular flexibility index (Phi) is 5.30. The van der Waals surface area contributed by atoms with Gasteiger partial charge < -0.3 is 10.6 Å². The summed E-state index contributed by atoms with van der Waals surface area (Å²) >= 11 is 11.9. The Labute approximate surface area is 130 Å². The molecule has 2 unspecified atom stereocenters. The fourth-order valence-corrected chi connectivity index (χ4v) is 2.92. The van der Waals surface area contributed by atoms with E-state index in [0.29, 0.717) is 22.4 Å². The van der Waals surface area contributed by atoms with Crippen LogP contribution in [-0.4, -0.2) is 29.9 Å². The molecule has 1 aromatic rings. The molecule has 1 heterocycles. The second-order valence-corrected chi connectivity index (χ2v) is 6.34. The highest BCUT2D eigenvalue weighted by Crippen LogP contribution is 2.24. The van der Waals surface area contributed by atoms with Crippen LogP contribution in [0, 0.1) is 5.92 Å². The quantitative estimate of drug-likeness (QED) is 0.931. The van der Waals surface area contributed by atoms with Crippen molar-refractivity contribution in [2.24, 2.45) is 11.7 Å². The van der Waals surface area contributed by atoms with Crippen molar-refractivity contribution in [1.29, 1.82) is 0 Å². The Bertz CT molecular complexity index is 491. The third kappa shape index (κ3) is 3.87. The summed E-state index contributed by atoms with van der Waals surface area (Å²) in [6.45, 7) is 3.60. The van der Waals surface area contributed by atoms with Crippen LogP contribution >= 0.6 is 23.2 Å². The summed E-state index contributed by atoms with van der Waals surface area (Å²) in [7, 11) is 0. The first kappa shape index (κ1) is 15.6. The SMILES string of the molecule is CC(N)C1CCCN(C(=O)Cc2ccc(Cl)c(Cl)c2)C1. The van der Waals surface area contributed by atoms with Gasteiger partial charge in [0, 0.05) is 19.1 Å². The maximum absolute atomic E-state index is 12.3. The van der Waals surface area contributed by atoms with Crippen molar-refractivity contribution in [3.8, 4) is 0 Å². The molecule has 0 aliphatic carbocycles. The maximum atomic E-state index is 12.3. The molecule has 110 valence electrons. The molecule has 1 aliphatic heterocycles. The van der Waals surface area contributed by atoms with Gasteiger partial charge in [0.1, 0.15) is 0 Å². The molecule has 0 radical (unpaired) electrons. The first-order chi connectivity index (χ1) is 9.47. The van der Waals surface area contributed by atoms with Crippen molar-refractivity contribution in [1.82, 2.24) is 4.90 Å². The van der Waals surface area contributed by atoms with Crippen molar-refractivity contribution >= 4 is 29.1 Å². The Balaban J connectivity index is 1.98. The molecule has 20 heavy (non-hydrogen) atoms. The standard InChI is InChI=1S/C15H20Cl2N2O/c1-10(18)12-3-2-6-19(9-12)15(20)8-11-4-5-13(16)14(17)7-11/h4-5,7,10,12H,2-3,6,8-9,18H2,1H3. The van der Waals surface area contributed by atoms with E-state index in [1.165, 1.54) is 0 Å². The van der Waals surface area contributed by atoms with Crippen LogP contribution in [-0.2, 0) is 11.2 Å². The minimum absolute atomic E-state index is 0.133. The van der Waals surface area contributed by atoms with Crippen LogP contribution in [0.15, 0.2) is 18.2 Å². The lowest BCUT2D eigenvalue weighted by molar-refractivity contribution is -0.132. The van der Waals surface area contributed by atoms with Crippen molar-refractivity contribution < 1.29 is 4.79 Å². The molecule has 0 spiro atoms. The van der Waals surface area contributed by atoms with E-state index in [9.17, 15) is 4.79 Å². The van der Waals surface area contributed by atoms with Crippen LogP contribution in [0.1, 0.15) is 25.3 Å². The molecule has 1 saturated heterocycles. The summed E-state index contributed by atoms with van der Waals surface area (Å²) in [5.41, 5.74) is 6.84. The normalized spacial score (nSPS) is 20.8. The summed E-state index contributed by atoms with van der Waals surface area (Å²) in [5.74, 6) is 0.537. The van der Waals surface area contributed by atoms with Gasteiger partial charge in [0.05, 0.1) is 16.5 Å². The first-order valence-corrected chi connectivity index (χ1v) is 7.70. The fourth-order valence-electron chi connectivity index (χ4n) is 2.60. The maximum Gasteiger partial charge on any atom is 0.227 e. The third-order valence-electron chi connectivity index (χ3n) is 3.89. The molecule has 2 rings (SSSR count). The predicted molar refractivity (Wildman–Crippen MR) is 83.1 cm³/mol. The van der Waals surface area contributed by atoms with Crippen LogP contribution in [0.3, 0.4) is 0 Å². The average Bonchev–Trinajstić information content (AvgIpc) is 2.43. The van der Waals surface area contributed by atoms with E-state index < -0.39 is 0 Å². The molecule has 1 amide bonds. The number of carbonyl (C=O) groups excluding carboxylic acids is 1. The zero-order chi connectivity index (χ0) is 14.7. The Morgan fingerprint density at radius 1 is 1.45 bits per heavy atom. The summed E-state index contributed by atoms with van der Waals surface area (Å²) in [4.78, 5) is 14.3. The van der Waals surface area contributed by atoms with Gasteiger partial charge in [-0.15, -0.1) is 0 Å². The molecule has 5 heteroatoms. The van der Waals surface area contributed by atoms with Crippen LogP contribution in [0.4, 0.5) is 0 Å². The smallest absolute Gasteiger partial charge is 0.227 e. The van der Waals surface area contributed by atoms with Gasteiger partial charge in [-0.2, -0.15) is 0 Å². The average molecular weight is 315 g/mol. The molecular formula is C15H20Cl2N2O. The predicted octanol–water partition coefficient (Wildman–Crippen LogP) is 3.12. The van der Waals surface area contributed by atoms with E-state index in [0.717, 1.165) is 31.5 Å². The monoisotopic (exact) mass is 314 g/mol. The lowest BCUT2D eigenvalue weighted by Gasteiger charge is -2.34. The molecular weight excluding hydrogens is 295 g/mol. The van der Waals surface area contributed by atoms with Gasteiger partial charge in [0.25, 0.3) is 0 Å². The molecule has 0 bridgehead atoms. The largest absolute Gasteiger partial charge is 0.342 e. The number of rotatable bonds is 3. The van der Waals surface area contributed by atoms with E-state index in [1.807, 2.05) is 17.9 Å². The second-order valence-electron chi connectivity index (χ2n) is 5.53. The molecule has 1 fully saturated rings. The van der Waals surface area contributed by atoms with Gasteiger partial charge in [0.2, 0.25) is 5.91 Å². The van der Waals surface area contributed by atoms with Crippen LogP contribution in [0.25, 0.3) is 0 Å². The van der Waals surface area contributed by atoms with Crippen LogP contribution in [0.5, 0.6) is 0 Å². The van der Waals surface area contributed by atoms with Crippen LogP contribution < -0.4 is 5.73 Å². The fraction of sp³-hybridized carbons (Fsp3) is 0.533. The van der Waals surface area contributed by atoms with E-state index in [2.05, 4.69) is 0 Å². The molecule has 1 aliphatic rings. The van der Waals surface area contributed by atoms with Crippen molar-refractivity contribution in [3.05, 3.63) is 33.8 Å². The topological polar surface area (TPSA) is 46.3 Å². The molecule has 3 nitrogen and oxygen atoms in total. The lowest BCUT2D eigenvalue weighted by atomic mass is 9.92. The van der Waals surface area contributed by atoms with Gasteiger partial charge in [-0.1, -0.05) is 29.3 Å². The van der Waals surface area contributed by atoms with E-state index in [1.54, 1.807) is 12.1 Å². The number of hydrogen-bond acceptors (Lipinski definition) is 2. The minimum Gasteiger partial charge on any atom is -0.342 e. The molecule has 2 atom stereocenters. The van der Waals surface area contributed by atoms with Crippen molar-refractivity contribution in [3.63, 3.8) is 0 Å². The van der Waals surface area contributed by atoms with Gasteiger partial charge in [-0.25, -0.2) is 0 Å². The number of likely N-dealkylation sites (tertiary alicyclic amines) is 1. The summed E-state index contributed by atoms with van der Waals surface area (Å²) in [6.07, 6.45) is 2.50. The Morgan fingerprint density at radius 3 is 2.85 bits per heavy atom. The summed E-state index contributed by atoms with van der Waals surface area (Å²) in [6, 6.07) is 5.47. The number of halogens is 2. The van der Waals surface area contributed by atoms with Gasteiger partial charge in [0.15, 0.2) is 0 Å². The second kappa shape index (κ2) is 6.79. The Morgan fingerprint density at radius 2 is 2.20 bits per heavy atom. The van der Waals surface area contributed by atoms with Gasteiger partial charge >= 0.3 is 0 Å². The highest BCUT2D eigenvalue weighted by molar-refractivity contribution is 6.42. The highest BCUT2D eigenvalue weighted by Gasteiger charge is 2.25. The Hall–Kier alpha value is -0.770. The number of nitrogens with two attached hydrogens (primary N) is 1. The zero-order valence-electron chi connectivity index (χ0n) is 11.6. The van der Waals surface area contributed by atoms with Crippen molar-refractivity contribution in [2.45, 2.75) is 32.2 Å². The molecule has 1 aromatic carbocycles. The van der Waals surface area contributed by atoms with Gasteiger partial charge in [-0.05, 0) is 43.4 Å². The molecule has 0 saturated carbocycles. The number of carbonyl (C=O) groups is 1. The van der Waals surface area contributed by atoms with E-state index in [-0.39, 0.29) is 11.9 Å².